The van der Waals surface area contributed by atoms with Gasteiger partial charge < -0.3 is 29.4 Å². The first-order chi connectivity index (χ1) is 18.9. The Kier molecular flexibility index (Phi) is 8.76. The monoisotopic (exact) mass is 588 g/mol. The summed E-state index contributed by atoms with van der Waals surface area (Å²) in [5, 5.41) is 12.1. The molecule has 18 heteroatoms. The Balaban J connectivity index is 2.10. The predicted octanol–water partition coefficient (Wildman–Crippen LogP) is 3.22. The highest BCUT2D eigenvalue weighted by atomic mass is 19.4. The second-order valence-electron chi connectivity index (χ2n) is 8.46. The summed E-state index contributed by atoms with van der Waals surface area (Å²) in [5.74, 6) is -7.65. The minimum atomic E-state index is -5.24. The topological polar surface area (TPSA) is 116 Å². The standard InChI is InChI=1S/C23H17B2F7N2O7/c1-38-20(36)12-3-2-4-16(33-12)34-19(35)17-14(8-6-11(18(17)26)21(27,28)29)39-13-7-5-10(40-23(30,31)32)9-15(13)41-22(24,25)37/h2-9,37H,24-25H2,1H3,(H,33,34,35). The molecule has 1 heterocycles. The molecule has 0 aliphatic rings. The molecule has 0 bridgehead atoms. The van der Waals surface area contributed by atoms with Crippen molar-refractivity contribution in [1.29, 1.82) is 0 Å². The van der Waals surface area contributed by atoms with Crippen molar-refractivity contribution >= 4 is 33.4 Å². The van der Waals surface area contributed by atoms with Gasteiger partial charge in [0, 0.05) is 6.07 Å². The highest BCUT2D eigenvalue weighted by molar-refractivity contribution is 6.37. The Labute approximate surface area is 228 Å². The van der Waals surface area contributed by atoms with Crippen molar-refractivity contribution in [2.24, 2.45) is 0 Å². The number of alkyl halides is 6. The summed E-state index contributed by atoms with van der Waals surface area (Å²) in [7, 11) is 3.24. The number of hydrogen-bond donors (Lipinski definition) is 2. The maximum atomic E-state index is 15.2. The van der Waals surface area contributed by atoms with Crippen LogP contribution in [0.1, 0.15) is 26.4 Å². The van der Waals surface area contributed by atoms with E-state index in [9.17, 15) is 41.0 Å². The molecule has 0 fully saturated rings. The molecule has 0 saturated heterocycles. The molecule has 0 aliphatic heterocycles. The van der Waals surface area contributed by atoms with Gasteiger partial charge in [-0.1, -0.05) is 6.07 Å². The zero-order valence-electron chi connectivity index (χ0n) is 21.1. The number of esters is 1. The van der Waals surface area contributed by atoms with E-state index in [1.165, 1.54) is 12.1 Å². The van der Waals surface area contributed by atoms with E-state index >= 15 is 4.39 Å². The highest BCUT2D eigenvalue weighted by Crippen LogP contribution is 2.41. The van der Waals surface area contributed by atoms with Crippen LogP contribution in [0.4, 0.5) is 36.6 Å². The van der Waals surface area contributed by atoms with E-state index < -0.39 is 69.9 Å². The Bertz CT molecular complexity index is 1460. The molecule has 2 N–H and O–H groups in total. The molecular formula is C23H17B2F7N2O7. The number of hydrogen-bond acceptors (Lipinski definition) is 8. The number of benzene rings is 2. The number of ether oxygens (including phenoxy) is 4. The molecule has 1 aromatic heterocycles. The molecule has 0 spiro atoms. The van der Waals surface area contributed by atoms with Crippen molar-refractivity contribution in [3.05, 3.63) is 71.2 Å². The second kappa shape index (κ2) is 11.6. The number of aliphatic hydroxyl groups is 1. The van der Waals surface area contributed by atoms with E-state index in [1.54, 1.807) is 0 Å². The van der Waals surface area contributed by atoms with Crippen LogP contribution in [-0.4, -0.2) is 56.7 Å². The van der Waals surface area contributed by atoms with E-state index in [1.807, 2.05) is 5.32 Å². The number of pyridine rings is 1. The lowest BCUT2D eigenvalue weighted by Gasteiger charge is -2.24. The van der Waals surface area contributed by atoms with E-state index in [0.29, 0.717) is 12.1 Å². The van der Waals surface area contributed by atoms with Crippen LogP contribution in [0.2, 0.25) is 0 Å². The van der Waals surface area contributed by atoms with Gasteiger partial charge in [-0.3, -0.25) is 4.79 Å². The third-order valence-electron chi connectivity index (χ3n) is 4.75. The zero-order valence-corrected chi connectivity index (χ0v) is 21.1. The highest BCUT2D eigenvalue weighted by Gasteiger charge is 2.38. The van der Waals surface area contributed by atoms with Gasteiger partial charge in [-0.15, -0.1) is 13.2 Å². The number of rotatable bonds is 8. The molecule has 0 atom stereocenters. The van der Waals surface area contributed by atoms with Gasteiger partial charge in [0.05, 0.1) is 12.7 Å². The van der Waals surface area contributed by atoms with Gasteiger partial charge in [0.25, 0.3) is 5.91 Å². The minimum Gasteiger partial charge on any atom is -0.476 e. The number of carbonyl (C=O) groups is 2. The SMILES string of the molecule is BC(B)(O)Oc1cc(OC(F)(F)F)ccc1Oc1ccc(C(F)(F)F)c(F)c1C(=O)Nc1cccc(C(=O)OC)n1. The normalized spacial score (nSPS) is 11.9. The number of nitrogens with zero attached hydrogens (tertiary/aromatic N) is 1. The number of amides is 1. The van der Waals surface area contributed by atoms with Gasteiger partial charge in [0.1, 0.15) is 28.5 Å². The van der Waals surface area contributed by atoms with Gasteiger partial charge in [0.2, 0.25) is 0 Å². The molecular weight excluding hydrogens is 571 g/mol. The fraction of sp³-hybridized carbons (Fsp3) is 0.174. The number of anilines is 1. The summed E-state index contributed by atoms with van der Waals surface area (Å²) < 4.78 is 113. The van der Waals surface area contributed by atoms with E-state index in [0.717, 1.165) is 41.0 Å². The first-order valence-electron chi connectivity index (χ1n) is 11.1. The molecule has 0 saturated carbocycles. The first kappa shape index (κ1) is 31.1. The van der Waals surface area contributed by atoms with E-state index in [-0.39, 0.29) is 17.6 Å². The van der Waals surface area contributed by atoms with Crippen molar-refractivity contribution in [2.45, 2.75) is 18.1 Å². The van der Waals surface area contributed by atoms with Crippen molar-refractivity contribution in [3.63, 3.8) is 0 Å². The molecule has 2 aromatic carbocycles. The molecule has 0 aliphatic carbocycles. The summed E-state index contributed by atoms with van der Waals surface area (Å²) in [5.41, 5.74) is -5.43. The zero-order chi connectivity index (χ0) is 30.8. The van der Waals surface area contributed by atoms with E-state index in [2.05, 4.69) is 14.5 Å². The van der Waals surface area contributed by atoms with Crippen molar-refractivity contribution in [1.82, 2.24) is 4.98 Å². The quantitative estimate of drug-likeness (QED) is 0.179. The molecule has 41 heavy (non-hydrogen) atoms. The average molecular weight is 588 g/mol. The number of nitrogens with one attached hydrogen (secondary N) is 1. The lowest BCUT2D eigenvalue weighted by molar-refractivity contribution is -0.274. The number of methoxy groups -OCH3 is 1. The molecule has 0 unspecified atom stereocenters. The summed E-state index contributed by atoms with van der Waals surface area (Å²) >= 11 is 0. The van der Waals surface area contributed by atoms with Crippen molar-refractivity contribution in [2.75, 3.05) is 12.4 Å². The fourth-order valence-electron chi connectivity index (χ4n) is 3.21. The summed E-state index contributed by atoms with van der Waals surface area (Å²) in [6, 6.07) is 6.66. The van der Waals surface area contributed by atoms with Crippen LogP contribution in [-0.2, 0) is 10.9 Å². The van der Waals surface area contributed by atoms with Gasteiger partial charge in [0.15, 0.2) is 38.7 Å². The molecule has 0 radical (unpaired) electrons. The van der Waals surface area contributed by atoms with Crippen LogP contribution in [0.3, 0.4) is 0 Å². The number of halogens is 7. The summed E-state index contributed by atoms with van der Waals surface area (Å²) in [6.45, 7) is 0. The number of carbonyl (C=O) groups excluding carboxylic acids is 2. The van der Waals surface area contributed by atoms with Crippen LogP contribution in [0.25, 0.3) is 0 Å². The fourth-order valence-corrected chi connectivity index (χ4v) is 3.21. The van der Waals surface area contributed by atoms with Crippen molar-refractivity contribution in [3.8, 4) is 23.0 Å². The Morgan fingerprint density at radius 1 is 0.927 bits per heavy atom. The number of aromatic nitrogens is 1. The van der Waals surface area contributed by atoms with E-state index in [4.69, 9.17) is 9.47 Å². The minimum absolute atomic E-state index is 0.273. The third-order valence-corrected chi connectivity index (χ3v) is 4.75. The Hall–Kier alpha value is -4.47. The van der Waals surface area contributed by atoms with Crippen molar-refractivity contribution < 1.29 is 64.4 Å². The van der Waals surface area contributed by atoms with Gasteiger partial charge in [-0.25, -0.2) is 14.2 Å². The second-order valence-corrected chi connectivity index (χ2v) is 8.46. The Morgan fingerprint density at radius 3 is 2.17 bits per heavy atom. The van der Waals surface area contributed by atoms with Crippen LogP contribution >= 0.6 is 0 Å². The molecule has 216 valence electrons. The average Bonchev–Trinajstić information content (AvgIpc) is 2.82. The lowest BCUT2D eigenvalue weighted by Crippen LogP contribution is -2.36. The first-order valence-corrected chi connectivity index (χ1v) is 11.1. The molecule has 1 amide bonds. The van der Waals surface area contributed by atoms with Crippen LogP contribution in [0.15, 0.2) is 48.5 Å². The summed E-state index contributed by atoms with van der Waals surface area (Å²) in [6.07, 6.45) is -10.4. The van der Waals surface area contributed by atoms with Gasteiger partial charge >= 0.3 is 18.5 Å². The van der Waals surface area contributed by atoms with Crippen LogP contribution in [0, 0.1) is 5.82 Å². The maximum Gasteiger partial charge on any atom is 0.573 e. The van der Waals surface area contributed by atoms with Gasteiger partial charge in [-0.05, 0) is 36.4 Å². The molecule has 9 nitrogen and oxygen atoms in total. The molecule has 3 rings (SSSR count). The predicted molar refractivity (Wildman–Crippen MR) is 131 cm³/mol. The molecule has 3 aromatic rings. The third kappa shape index (κ3) is 8.26. The van der Waals surface area contributed by atoms with Gasteiger partial charge in [-0.2, -0.15) is 13.2 Å². The van der Waals surface area contributed by atoms with Crippen LogP contribution in [0.5, 0.6) is 23.0 Å². The lowest BCUT2D eigenvalue weighted by atomic mass is 9.76. The smallest absolute Gasteiger partial charge is 0.476 e. The largest absolute Gasteiger partial charge is 0.573 e. The Morgan fingerprint density at radius 2 is 1.59 bits per heavy atom. The maximum absolute atomic E-state index is 15.2. The summed E-state index contributed by atoms with van der Waals surface area (Å²) in [4.78, 5) is 28.5. The van der Waals surface area contributed by atoms with Crippen LogP contribution < -0.4 is 19.5 Å².